The van der Waals surface area contributed by atoms with E-state index in [9.17, 15) is 4.79 Å². The predicted molar refractivity (Wildman–Crippen MR) is 87.1 cm³/mol. The molecule has 0 spiro atoms. The number of aromatic nitrogens is 2. The quantitative estimate of drug-likeness (QED) is 0.861. The van der Waals surface area contributed by atoms with E-state index in [4.69, 9.17) is 9.97 Å². The van der Waals surface area contributed by atoms with Crippen molar-refractivity contribution in [2.45, 2.75) is 64.0 Å². The van der Waals surface area contributed by atoms with Crippen LogP contribution in [0.5, 0.6) is 0 Å². The van der Waals surface area contributed by atoms with Gasteiger partial charge in [0.2, 0.25) is 5.91 Å². The summed E-state index contributed by atoms with van der Waals surface area (Å²) in [7, 11) is 0. The minimum absolute atomic E-state index is 0.127. The van der Waals surface area contributed by atoms with Crippen LogP contribution in [0, 0.1) is 5.92 Å². The van der Waals surface area contributed by atoms with Gasteiger partial charge >= 0.3 is 0 Å². The van der Waals surface area contributed by atoms with Gasteiger partial charge in [-0.05, 0) is 39.0 Å². The number of carbonyl (C=O) groups is 1. The summed E-state index contributed by atoms with van der Waals surface area (Å²) < 4.78 is 0. The molecule has 3 heterocycles. The average Bonchev–Trinajstić information content (AvgIpc) is 3.20. The van der Waals surface area contributed by atoms with Crippen LogP contribution in [-0.2, 0) is 11.3 Å². The number of nitrogens with zero attached hydrogens (tertiary/aromatic N) is 4. The van der Waals surface area contributed by atoms with Crippen LogP contribution >= 0.6 is 0 Å². The number of rotatable bonds is 3. The largest absolute Gasteiger partial charge is 0.356 e. The summed E-state index contributed by atoms with van der Waals surface area (Å²) in [4.78, 5) is 27.0. The fourth-order valence-electron chi connectivity index (χ4n) is 3.98. The van der Waals surface area contributed by atoms with Crippen LogP contribution in [0.4, 0.5) is 5.82 Å². The molecule has 0 radical (unpaired) electrons. The van der Waals surface area contributed by atoms with Crippen molar-refractivity contribution in [3.05, 3.63) is 17.1 Å². The highest BCUT2D eigenvalue weighted by molar-refractivity contribution is 5.81. The van der Waals surface area contributed by atoms with Gasteiger partial charge in [0.15, 0.2) is 0 Å². The van der Waals surface area contributed by atoms with Crippen LogP contribution in [0.1, 0.15) is 74.5 Å². The minimum atomic E-state index is 0.127. The van der Waals surface area contributed by atoms with Gasteiger partial charge in [-0.25, -0.2) is 9.97 Å². The molecule has 23 heavy (non-hydrogen) atoms. The number of anilines is 1. The minimum Gasteiger partial charge on any atom is -0.356 e. The molecule has 1 saturated heterocycles. The van der Waals surface area contributed by atoms with E-state index in [-0.39, 0.29) is 12.0 Å². The molecule has 2 saturated carbocycles. The number of carbonyl (C=O) groups excluding carboxylic acids is 1. The summed E-state index contributed by atoms with van der Waals surface area (Å²) in [6, 6.07) is 0.127. The van der Waals surface area contributed by atoms with Crippen LogP contribution in [0.15, 0.2) is 0 Å². The Morgan fingerprint density at radius 2 is 1.87 bits per heavy atom. The molecule has 0 aromatic carbocycles. The molecule has 2 aliphatic carbocycles. The van der Waals surface area contributed by atoms with E-state index in [1.54, 1.807) is 0 Å². The number of amides is 1. The van der Waals surface area contributed by atoms with Gasteiger partial charge < -0.3 is 9.80 Å². The third-order valence-corrected chi connectivity index (χ3v) is 6.06. The first-order valence-electron chi connectivity index (χ1n) is 9.18. The summed E-state index contributed by atoms with van der Waals surface area (Å²) in [6.45, 7) is 5.04. The lowest BCUT2D eigenvalue weighted by Crippen LogP contribution is -2.39. The Balaban J connectivity index is 1.51. The highest BCUT2D eigenvalue weighted by Crippen LogP contribution is 2.45. The average molecular weight is 312 g/mol. The zero-order valence-electron chi connectivity index (χ0n) is 13.8. The molecule has 0 bridgehead atoms. The summed E-state index contributed by atoms with van der Waals surface area (Å²) in [5, 5.41) is 0. The molecule has 4 aliphatic rings. The van der Waals surface area contributed by atoms with Gasteiger partial charge in [-0.1, -0.05) is 6.42 Å². The normalized spacial score (nSPS) is 26.7. The lowest BCUT2D eigenvalue weighted by molar-refractivity contribution is -0.140. The van der Waals surface area contributed by atoms with E-state index >= 15 is 0 Å². The van der Waals surface area contributed by atoms with Crippen molar-refractivity contribution >= 4 is 11.7 Å². The Bertz CT molecular complexity index is 661. The van der Waals surface area contributed by atoms with E-state index in [2.05, 4.69) is 16.7 Å². The molecular weight excluding hydrogens is 288 g/mol. The Labute approximate surface area is 137 Å². The zero-order valence-corrected chi connectivity index (χ0v) is 13.8. The molecular formula is C18H24N4O. The van der Waals surface area contributed by atoms with Gasteiger partial charge in [0, 0.05) is 30.5 Å². The maximum absolute atomic E-state index is 12.8. The molecule has 0 N–H and O–H groups in total. The van der Waals surface area contributed by atoms with Crippen molar-refractivity contribution in [1.82, 2.24) is 14.9 Å². The topological polar surface area (TPSA) is 49.3 Å². The highest BCUT2D eigenvalue weighted by atomic mass is 16.2. The second kappa shape index (κ2) is 4.92. The summed E-state index contributed by atoms with van der Waals surface area (Å²) >= 11 is 0. The van der Waals surface area contributed by atoms with E-state index in [1.807, 2.05) is 0 Å². The smallest absolute Gasteiger partial charge is 0.226 e. The first-order chi connectivity index (χ1) is 11.2. The van der Waals surface area contributed by atoms with Gasteiger partial charge in [-0.2, -0.15) is 0 Å². The van der Waals surface area contributed by atoms with Gasteiger partial charge in [-0.15, -0.1) is 0 Å². The van der Waals surface area contributed by atoms with Crippen molar-refractivity contribution < 1.29 is 4.79 Å². The number of hydrogen-bond acceptors (Lipinski definition) is 4. The Morgan fingerprint density at radius 1 is 1.09 bits per heavy atom. The van der Waals surface area contributed by atoms with Crippen LogP contribution in [0.2, 0.25) is 0 Å². The maximum atomic E-state index is 12.8. The van der Waals surface area contributed by atoms with Gasteiger partial charge in [0.1, 0.15) is 11.6 Å². The third-order valence-electron chi connectivity index (χ3n) is 6.06. The second-order valence-corrected chi connectivity index (χ2v) is 7.65. The van der Waals surface area contributed by atoms with E-state index < -0.39 is 0 Å². The first-order valence-corrected chi connectivity index (χ1v) is 9.18. The van der Waals surface area contributed by atoms with Crippen LogP contribution in [0.3, 0.4) is 0 Å². The second-order valence-electron chi connectivity index (χ2n) is 7.65. The lowest BCUT2D eigenvalue weighted by atomic mass is 9.84. The Hall–Kier alpha value is -1.65. The monoisotopic (exact) mass is 312 g/mol. The third kappa shape index (κ3) is 2.08. The summed E-state index contributed by atoms with van der Waals surface area (Å²) in [6.07, 6.45) is 7.02. The first kappa shape index (κ1) is 13.8. The van der Waals surface area contributed by atoms with Crippen molar-refractivity contribution in [1.29, 1.82) is 0 Å². The van der Waals surface area contributed by atoms with Crippen LogP contribution < -0.4 is 4.90 Å². The molecule has 1 aromatic rings. The van der Waals surface area contributed by atoms with Gasteiger partial charge in [-0.3, -0.25) is 4.79 Å². The van der Waals surface area contributed by atoms with E-state index in [0.717, 1.165) is 43.3 Å². The molecule has 2 aliphatic heterocycles. The molecule has 1 atom stereocenters. The molecule has 5 heteroatoms. The van der Waals surface area contributed by atoms with Crippen molar-refractivity contribution in [3.63, 3.8) is 0 Å². The maximum Gasteiger partial charge on any atom is 0.226 e. The molecule has 1 amide bonds. The zero-order chi connectivity index (χ0) is 15.6. The van der Waals surface area contributed by atoms with E-state index in [1.165, 1.54) is 31.2 Å². The van der Waals surface area contributed by atoms with Gasteiger partial charge in [0.05, 0.1) is 18.3 Å². The number of hydrogen-bond donors (Lipinski definition) is 0. The van der Waals surface area contributed by atoms with Crippen molar-refractivity contribution in [2.75, 3.05) is 18.0 Å². The fraction of sp³-hybridized carbons (Fsp3) is 0.722. The van der Waals surface area contributed by atoms with E-state index in [0.29, 0.717) is 18.4 Å². The van der Waals surface area contributed by atoms with Crippen LogP contribution in [0.25, 0.3) is 0 Å². The summed E-state index contributed by atoms with van der Waals surface area (Å²) in [5.41, 5.74) is 2.34. The lowest BCUT2D eigenvalue weighted by Gasteiger charge is -2.35. The van der Waals surface area contributed by atoms with Crippen molar-refractivity contribution in [3.8, 4) is 0 Å². The van der Waals surface area contributed by atoms with Crippen molar-refractivity contribution in [2.24, 2.45) is 5.92 Å². The molecule has 3 fully saturated rings. The Morgan fingerprint density at radius 3 is 2.43 bits per heavy atom. The molecule has 5 rings (SSSR count). The summed E-state index contributed by atoms with van der Waals surface area (Å²) in [5.74, 6) is 3.31. The SMILES string of the molecule is CC1c2c(nc(C3CC3)nc2N2CCC2)CN1C(=O)C1CCC1. The predicted octanol–water partition coefficient (Wildman–Crippen LogP) is 2.77. The molecule has 122 valence electrons. The Kier molecular flexibility index (Phi) is 2.94. The molecule has 1 unspecified atom stereocenters. The van der Waals surface area contributed by atoms with Crippen LogP contribution in [-0.4, -0.2) is 33.9 Å². The number of fused-ring (bicyclic) bond motifs is 1. The fourth-order valence-corrected chi connectivity index (χ4v) is 3.98. The molecule has 5 nitrogen and oxygen atoms in total. The molecule has 1 aromatic heterocycles. The standard InChI is InChI=1S/C18H24N4O/c1-11-15-14(10-22(11)18(23)13-4-2-5-13)19-16(12-6-7-12)20-17(15)21-8-3-9-21/h11-13H,2-10H2,1H3. The van der Waals surface area contributed by atoms with Gasteiger partial charge in [0.25, 0.3) is 0 Å². The highest BCUT2D eigenvalue weighted by Gasteiger charge is 2.41.